The summed E-state index contributed by atoms with van der Waals surface area (Å²) in [6, 6.07) is 10.5. The molecule has 2 aromatic carbocycles. The van der Waals surface area contributed by atoms with Gasteiger partial charge in [-0.1, -0.05) is 28.2 Å². The van der Waals surface area contributed by atoms with Crippen molar-refractivity contribution in [2.45, 2.75) is 23.0 Å². The van der Waals surface area contributed by atoms with E-state index in [-0.39, 0.29) is 12.6 Å². The number of halogens is 2. The molecule has 1 aliphatic rings. The molecule has 0 unspecified atom stereocenters. The average molecular weight is 489 g/mol. The highest BCUT2D eigenvalue weighted by Crippen LogP contribution is 2.42. The van der Waals surface area contributed by atoms with Crippen molar-refractivity contribution in [3.8, 4) is 11.5 Å². The van der Waals surface area contributed by atoms with E-state index < -0.39 is 0 Å². The van der Waals surface area contributed by atoms with Gasteiger partial charge in [-0.25, -0.2) is 8.96 Å². The molecule has 2 aromatic heterocycles. The van der Waals surface area contributed by atoms with Crippen LogP contribution in [0.5, 0.6) is 11.5 Å². The van der Waals surface area contributed by atoms with Crippen molar-refractivity contribution < 1.29 is 18.4 Å². The van der Waals surface area contributed by atoms with E-state index in [1.54, 1.807) is 18.5 Å². The Morgan fingerprint density at radius 3 is 2.87 bits per heavy atom. The van der Waals surface area contributed by atoms with Crippen LogP contribution in [0.1, 0.15) is 5.56 Å². The predicted molar refractivity (Wildman–Crippen MR) is 113 cm³/mol. The van der Waals surface area contributed by atoms with Gasteiger partial charge in [0, 0.05) is 15.8 Å². The molecule has 152 valence electrons. The predicted octanol–water partition coefficient (Wildman–Crippen LogP) is 3.85. The van der Waals surface area contributed by atoms with Gasteiger partial charge < -0.3 is 20.2 Å². The number of nitrogens with two attached hydrogens (primary N) is 1. The van der Waals surface area contributed by atoms with Gasteiger partial charge in [-0.15, -0.1) is 0 Å². The molecule has 0 fully saturated rings. The SMILES string of the molecule is Nc1nc[n+](CCc2ccccc2F)c2nc(Sc3cc4c(cc3Br)OCO4)[nH]c12. The quantitative estimate of drug-likeness (QED) is 0.414. The molecule has 0 saturated carbocycles. The summed E-state index contributed by atoms with van der Waals surface area (Å²) in [4.78, 5) is 13.1. The van der Waals surface area contributed by atoms with E-state index in [4.69, 9.17) is 20.2 Å². The molecule has 3 N–H and O–H groups in total. The van der Waals surface area contributed by atoms with Crippen LogP contribution >= 0.6 is 27.7 Å². The molecular formula is C20H16BrFN5O2S+. The molecule has 0 saturated heterocycles. The number of anilines is 1. The van der Waals surface area contributed by atoms with Gasteiger partial charge in [0.1, 0.15) is 5.82 Å². The fourth-order valence-corrected chi connectivity index (χ4v) is 4.60. The molecule has 10 heteroatoms. The van der Waals surface area contributed by atoms with Crippen LogP contribution in [0.15, 0.2) is 57.3 Å². The number of rotatable bonds is 5. The monoisotopic (exact) mass is 488 g/mol. The Labute approximate surface area is 183 Å². The van der Waals surface area contributed by atoms with Crippen LogP contribution in [0.3, 0.4) is 0 Å². The normalized spacial score (nSPS) is 12.6. The summed E-state index contributed by atoms with van der Waals surface area (Å²) >= 11 is 5.00. The number of nitrogens with one attached hydrogen (secondary N) is 1. The maximum absolute atomic E-state index is 14.0. The number of imidazole rings is 1. The van der Waals surface area contributed by atoms with E-state index >= 15 is 0 Å². The second kappa shape index (κ2) is 7.77. The van der Waals surface area contributed by atoms with E-state index in [2.05, 4.69) is 25.9 Å². The lowest BCUT2D eigenvalue weighted by Gasteiger charge is -2.03. The molecule has 4 aromatic rings. The van der Waals surface area contributed by atoms with Crippen molar-refractivity contribution in [3.63, 3.8) is 0 Å². The first-order chi connectivity index (χ1) is 14.6. The van der Waals surface area contributed by atoms with Crippen molar-refractivity contribution in [2.75, 3.05) is 12.5 Å². The number of hydrogen-bond acceptors (Lipinski definition) is 6. The maximum Gasteiger partial charge on any atom is 0.294 e. The van der Waals surface area contributed by atoms with Gasteiger partial charge >= 0.3 is 0 Å². The summed E-state index contributed by atoms with van der Waals surface area (Å²) in [6.45, 7) is 0.734. The Hall–Kier alpha value is -2.85. The van der Waals surface area contributed by atoms with Crippen LogP contribution < -0.4 is 19.8 Å². The van der Waals surface area contributed by atoms with Gasteiger partial charge in [0.25, 0.3) is 5.65 Å². The van der Waals surface area contributed by atoms with E-state index in [1.165, 1.54) is 17.8 Å². The summed E-state index contributed by atoms with van der Waals surface area (Å²) < 4.78 is 27.6. The van der Waals surface area contributed by atoms with Crippen molar-refractivity contribution in [2.24, 2.45) is 0 Å². The Morgan fingerprint density at radius 2 is 2.03 bits per heavy atom. The zero-order valence-electron chi connectivity index (χ0n) is 15.6. The first kappa shape index (κ1) is 19.1. The number of nitrogens with zero attached hydrogens (tertiary/aromatic N) is 3. The molecule has 7 nitrogen and oxygen atoms in total. The third kappa shape index (κ3) is 3.56. The van der Waals surface area contributed by atoms with Crippen LogP contribution in [-0.2, 0) is 13.0 Å². The van der Waals surface area contributed by atoms with Crippen LogP contribution in [-0.4, -0.2) is 21.7 Å². The van der Waals surface area contributed by atoms with Crippen molar-refractivity contribution in [3.05, 3.63) is 58.6 Å². The lowest BCUT2D eigenvalue weighted by atomic mass is 10.1. The number of H-pyrrole nitrogens is 1. The van der Waals surface area contributed by atoms with E-state index in [0.29, 0.717) is 52.2 Å². The standard InChI is InChI=1S/C20H15BrFN5O2S/c21-12-7-14-15(29-10-28-14)8-16(12)30-20-25-17-18(23)24-9-27(19(17)26-20)6-5-11-3-1-2-4-13(11)22/h1-4,7-9H,5-6,10H2,(H2,23,25,26)/p+1. The minimum absolute atomic E-state index is 0.213. The van der Waals surface area contributed by atoms with Crippen LogP contribution in [0.2, 0.25) is 0 Å². The topological polar surface area (TPSA) is 89.9 Å². The van der Waals surface area contributed by atoms with Crippen LogP contribution in [0.25, 0.3) is 11.2 Å². The number of hydrogen-bond donors (Lipinski definition) is 2. The van der Waals surface area contributed by atoms with E-state index in [1.807, 2.05) is 22.8 Å². The molecule has 3 heterocycles. The second-order valence-corrected chi connectivity index (χ2v) is 8.53. The summed E-state index contributed by atoms with van der Waals surface area (Å²) in [6.07, 6.45) is 2.14. The molecule has 0 radical (unpaired) electrons. The Bertz CT molecular complexity index is 1270. The van der Waals surface area contributed by atoms with Crippen LogP contribution in [0.4, 0.5) is 10.2 Å². The summed E-state index contributed by atoms with van der Waals surface area (Å²) in [5.41, 5.74) is 8.01. The van der Waals surface area contributed by atoms with Crippen LogP contribution in [0, 0.1) is 5.82 Å². The zero-order chi connectivity index (χ0) is 20.7. The Balaban J connectivity index is 1.45. The van der Waals surface area contributed by atoms with Gasteiger partial charge in [0.15, 0.2) is 17.0 Å². The van der Waals surface area contributed by atoms with Crippen molar-refractivity contribution >= 4 is 44.7 Å². The highest BCUT2D eigenvalue weighted by atomic mass is 79.9. The number of ether oxygens (including phenoxy) is 2. The largest absolute Gasteiger partial charge is 0.454 e. The summed E-state index contributed by atoms with van der Waals surface area (Å²) in [5, 5.41) is 0.656. The van der Waals surface area contributed by atoms with Gasteiger partial charge in [-0.05, 0) is 51.5 Å². The first-order valence-corrected chi connectivity index (χ1v) is 10.7. The fourth-order valence-electron chi connectivity index (χ4n) is 3.22. The maximum atomic E-state index is 14.0. The van der Waals surface area contributed by atoms with Crippen molar-refractivity contribution in [1.82, 2.24) is 15.0 Å². The lowest BCUT2D eigenvalue weighted by molar-refractivity contribution is -0.675. The lowest BCUT2D eigenvalue weighted by Crippen LogP contribution is -2.36. The molecule has 0 atom stereocenters. The number of aryl methyl sites for hydroxylation is 2. The Kier molecular flexibility index (Phi) is 4.95. The number of aromatic nitrogens is 4. The fraction of sp³-hybridized carbons (Fsp3) is 0.150. The summed E-state index contributed by atoms with van der Waals surface area (Å²) in [7, 11) is 0. The van der Waals surface area contributed by atoms with Gasteiger partial charge in [-0.3, -0.25) is 0 Å². The second-order valence-electron chi connectivity index (χ2n) is 6.64. The number of fused-ring (bicyclic) bond motifs is 2. The Morgan fingerprint density at radius 1 is 1.23 bits per heavy atom. The molecule has 30 heavy (non-hydrogen) atoms. The number of benzene rings is 2. The molecule has 0 amide bonds. The molecular weight excluding hydrogens is 473 g/mol. The average Bonchev–Trinajstić information content (AvgIpc) is 3.36. The number of aromatic amines is 1. The van der Waals surface area contributed by atoms with E-state index in [9.17, 15) is 4.39 Å². The highest BCUT2D eigenvalue weighted by Gasteiger charge is 2.22. The zero-order valence-corrected chi connectivity index (χ0v) is 18.0. The molecule has 0 aliphatic carbocycles. The summed E-state index contributed by atoms with van der Waals surface area (Å²) in [5.74, 6) is 1.54. The minimum Gasteiger partial charge on any atom is -0.454 e. The third-order valence-electron chi connectivity index (χ3n) is 4.74. The minimum atomic E-state index is -0.219. The van der Waals surface area contributed by atoms with Crippen molar-refractivity contribution in [1.29, 1.82) is 0 Å². The highest BCUT2D eigenvalue weighted by molar-refractivity contribution is 9.10. The molecule has 5 rings (SSSR count). The third-order valence-corrected chi connectivity index (χ3v) is 6.60. The smallest absolute Gasteiger partial charge is 0.294 e. The molecule has 0 spiro atoms. The first-order valence-electron chi connectivity index (χ1n) is 9.12. The van der Waals surface area contributed by atoms with E-state index in [0.717, 1.165) is 9.37 Å². The van der Waals surface area contributed by atoms with Gasteiger partial charge in [0.05, 0.1) is 6.54 Å². The molecule has 0 bridgehead atoms. The number of nitrogen functional groups attached to an aromatic ring is 1. The van der Waals surface area contributed by atoms with Gasteiger partial charge in [-0.2, -0.15) is 0 Å². The molecule has 1 aliphatic heterocycles. The van der Waals surface area contributed by atoms with Gasteiger partial charge in [0.2, 0.25) is 24.1 Å².